The number of esters is 1. The highest BCUT2D eigenvalue weighted by atomic mass is 16.5. The number of allylic oxidation sites excluding steroid dienone is 3. The molecule has 0 aromatic carbocycles. The van der Waals surface area contributed by atoms with Gasteiger partial charge in [0.1, 0.15) is 0 Å². The Bertz CT molecular complexity index is 1040. The van der Waals surface area contributed by atoms with E-state index in [4.69, 9.17) is 4.74 Å². The molecule has 396 valence electrons. The molecule has 6 heteroatoms. The molecule has 0 saturated carbocycles. The van der Waals surface area contributed by atoms with E-state index in [0.29, 0.717) is 19.4 Å². The molecular weight excluding hydrogens is 827 g/mol. The molecule has 67 heavy (non-hydrogen) atoms. The van der Waals surface area contributed by atoms with Crippen molar-refractivity contribution < 1.29 is 24.5 Å². The van der Waals surface area contributed by atoms with Gasteiger partial charge in [0.05, 0.1) is 25.4 Å². The zero-order valence-electron chi connectivity index (χ0n) is 45.1. The number of nitrogens with one attached hydrogen (secondary N) is 1. The van der Waals surface area contributed by atoms with Crippen LogP contribution in [0.4, 0.5) is 0 Å². The van der Waals surface area contributed by atoms with E-state index in [-0.39, 0.29) is 18.5 Å². The smallest absolute Gasteiger partial charge is 0.305 e. The number of aliphatic hydroxyl groups is 2. The number of amides is 1. The van der Waals surface area contributed by atoms with Crippen LogP contribution in [0.25, 0.3) is 0 Å². The number of carbonyl (C=O) groups excluding carboxylic acids is 2. The van der Waals surface area contributed by atoms with Gasteiger partial charge in [0, 0.05) is 12.8 Å². The summed E-state index contributed by atoms with van der Waals surface area (Å²) in [6, 6.07) is -0.631. The summed E-state index contributed by atoms with van der Waals surface area (Å²) in [7, 11) is 0. The number of rotatable bonds is 56. The topological polar surface area (TPSA) is 95.9 Å². The summed E-state index contributed by atoms with van der Waals surface area (Å²) in [5, 5.41) is 23.0. The number of hydrogen-bond acceptors (Lipinski definition) is 5. The van der Waals surface area contributed by atoms with E-state index in [1.807, 2.05) is 6.08 Å². The lowest BCUT2D eigenvalue weighted by atomic mass is 10.0. The quantitative estimate of drug-likeness (QED) is 0.0321. The summed E-state index contributed by atoms with van der Waals surface area (Å²) in [6.07, 6.45) is 69.3. The van der Waals surface area contributed by atoms with Gasteiger partial charge in [-0.1, -0.05) is 282 Å². The first-order valence-electron chi connectivity index (χ1n) is 30.1. The van der Waals surface area contributed by atoms with Gasteiger partial charge in [0.15, 0.2) is 0 Å². The van der Waals surface area contributed by atoms with Crippen molar-refractivity contribution in [3.8, 4) is 0 Å². The van der Waals surface area contributed by atoms with Crippen LogP contribution < -0.4 is 5.32 Å². The third kappa shape index (κ3) is 53.5. The highest BCUT2D eigenvalue weighted by Gasteiger charge is 2.18. The zero-order valence-corrected chi connectivity index (χ0v) is 45.1. The molecule has 0 spiro atoms. The van der Waals surface area contributed by atoms with Crippen LogP contribution in [0.5, 0.6) is 0 Å². The maximum atomic E-state index is 12.4. The number of aliphatic hydroxyl groups excluding tert-OH is 2. The van der Waals surface area contributed by atoms with E-state index >= 15 is 0 Å². The highest BCUT2D eigenvalue weighted by Crippen LogP contribution is 2.17. The Balaban J connectivity index is 3.40. The van der Waals surface area contributed by atoms with E-state index < -0.39 is 12.1 Å². The minimum atomic E-state index is -0.847. The predicted molar refractivity (Wildman–Crippen MR) is 292 cm³/mol. The molecule has 2 unspecified atom stereocenters. The zero-order chi connectivity index (χ0) is 48.6. The summed E-state index contributed by atoms with van der Waals surface area (Å²) < 4.78 is 5.49. The summed E-state index contributed by atoms with van der Waals surface area (Å²) in [5.41, 5.74) is 0. The average Bonchev–Trinajstić information content (AvgIpc) is 3.33. The maximum Gasteiger partial charge on any atom is 0.305 e. The fourth-order valence-corrected chi connectivity index (χ4v) is 9.34. The Kier molecular flexibility index (Phi) is 55.5. The van der Waals surface area contributed by atoms with Gasteiger partial charge in [-0.15, -0.1) is 0 Å². The summed E-state index contributed by atoms with van der Waals surface area (Å²) in [5.74, 6) is -0.0603. The van der Waals surface area contributed by atoms with Crippen molar-refractivity contribution in [2.75, 3.05) is 13.2 Å². The number of ether oxygens (including phenoxy) is 1. The minimum Gasteiger partial charge on any atom is -0.466 e. The van der Waals surface area contributed by atoms with Crippen molar-refractivity contribution >= 4 is 11.9 Å². The van der Waals surface area contributed by atoms with Crippen LogP contribution in [0.15, 0.2) is 24.3 Å². The van der Waals surface area contributed by atoms with Gasteiger partial charge in [-0.05, 0) is 57.8 Å². The molecule has 0 fully saturated rings. The minimum absolute atomic E-state index is 0.0140. The molecule has 0 rings (SSSR count). The average molecular weight is 945 g/mol. The van der Waals surface area contributed by atoms with Gasteiger partial charge >= 0.3 is 5.97 Å². The largest absolute Gasteiger partial charge is 0.466 e. The van der Waals surface area contributed by atoms with Gasteiger partial charge in [0.2, 0.25) is 5.91 Å². The maximum absolute atomic E-state index is 12.4. The van der Waals surface area contributed by atoms with Crippen molar-refractivity contribution in [1.29, 1.82) is 0 Å². The van der Waals surface area contributed by atoms with Crippen molar-refractivity contribution in [1.82, 2.24) is 5.32 Å². The first kappa shape index (κ1) is 65.3. The highest BCUT2D eigenvalue weighted by molar-refractivity contribution is 5.76. The summed E-state index contributed by atoms with van der Waals surface area (Å²) >= 11 is 0. The second-order valence-corrected chi connectivity index (χ2v) is 20.7. The van der Waals surface area contributed by atoms with Crippen LogP contribution in [0, 0.1) is 0 Å². The second-order valence-electron chi connectivity index (χ2n) is 20.7. The Morgan fingerprint density at radius 1 is 0.403 bits per heavy atom. The van der Waals surface area contributed by atoms with E-state index in [1.165, 1.54) is 257 Å². The van der Waals surface area contributed by atoms with Crippen LogP contribution in [0.2, 0.25) is 0 Å². The normalized spacial score (nSPS) is 12.7. The molecule has 3 N–H and O–H groups in total. The molecule has 0 radical (unpaired) electrons. The molecular formula is C61H117NO5. The molecule has 0 saturated heterocycles. The summed E-state index contributed by atoms with van der Waals surface area (Å²) in [6.45, 7) is 4.91. The molecule has 1 amide bonds. The standard InChI is InChI=1S/C61H117NO5/c1-3-5-7-9-11-13-15-17-27-31-35-39-43-47-51-55-61(66)67-56-52-48-44-40-36-32-29-26-24-22-20-18-19-21-23-25-28-30-34-38-42-46-50-54-60(65)62-58(57-63)59(64)53-49-45-41-37-33-16-14-12-10-8-6-4-2/h21,23,49,53,58-59,63-64H,3-20,22,24-48,50-52,54-57H2,1-2H3,(H,62,65)/b23-21-,53-49+. The molecule has 6 nitrogen and oxygen atoms in total. The molecule has 0 aromatic rings. The number of carbonyl (C=O) groups is 2. The first-order valence-corrected chi connectivity index (χ1v) is 30.1. The summed E-state index contributed by atoms with van der Waals surface area (Å²) in [4.78, 5) is 24.5. The van der Waals surface area contributed by atoms with Crippen LogP contribution in [-0.4, -0.2) is 47.4 Å². The van der Waals surface area contributed by atoms with Crippen LogP contribution in [0.1, 0.15) is 328 Å². The molecule has 0 bridgehead atoms. The van der Waals surface area contributed by atoms with Gasteiger partial charge in [0.25, 0.3) is 0 Å². The Hall–Kier alpha value is -1.66. The van der Waals surface area contributed by atoms with Gasteiger partial charge in [-0.2, -0.15) is 0 Å². The lowest BCUT2D eigenvalue weighted by Gasteiger charge is -2.20. The Labute approximate surface area is 418 Å². The molecule has 0 aliphatic rings. The molecule has 0 heterocycles. The number of hydrogen-bond donors (Lipinski definition) is 3. The van der Waals surface area contributed by atoms with E-state index in [0.717, 1.165) is 44.9 Å². The van der Waals surface area contributed by atoms with E-state index in [2.05, 4.69) is 31.3 Å². The second kappa shape index (κ2) is 56.9. The van der Waals surface area contributed by atoms with Crippen molar-refractivity contribution in [3.05, 3.63) is 24.3 Å². The van der Waals surface area contributed by atoms with Crippen LogP contribution >= 0.6 is 0 Å². The fourth-order valence-electron chi connectivity index (χ4n) is 9.34. The van der Waals surface area contributed by atoms with Gasteiger partial charge in [-0.25, -0.2) is 0 Å². The van der Waals surface area contributed by atoms with Gasteiger partial charge in [-0.3, -0.25) is 9.59 Å². The fraction of sp³-hybridized carbons (Fsp3) is 0.902. The first-order chi connectivity index (χ1) is 33.0. The lowest BCUT2D eigenvalue weighted by Crippen LogP contribution is -2.45. The van der Waals surface area contributed by atoms with Crippen LogP contribution in [-0.2, 0) is 14.3 Å². The third-order valence-corrected chi connectivity index (χ3v) is 14.0. The molecule has 0 aliphatic heterocycles. The molecule has 0 aliphatic carbocycles. The monoisotopic (exact) mass is 944 g/mol. The van der Waals surface area contributed by atoms with Crippen molar-refractivity contribution in [2.45, 2.75) is 341 Å². The number of unbranched alkanes of at least 4 members (excludes halogenated alkanes) is 43. The van der Waals surface area contributed by atoms with Crippen molar-refractivity contribution in [2.24, 2.45) is 0 Å². The van der Waals surface area contributed by atoms with E-state index in [1.54, 1.807) is 6.08 Å². The predicted octanol–water partition coefficient (Wildman–Crippen LogP) is 18.6. The lowest BCUT2D eigenvalue weighted by molar-refractivity contribution is -0.143. The van der Waals surface area contributed by atoms with E-state index in [9.17, 15) is 19.8 Å². The molecule has 0 aromatic heterocycles. The Morgan fingerprint density at radius 3 is 1.06 bits per heavy atom. The van der Waals surface area contributed by atoms with Crippen molar-refractivity contribution in [3.63, 3.8) is 0 Å². The SMILES string of the molecule is CCCCCCCCCCCC/C=C/C(O)C(CO)NC(=O)CCCCCCCCC/C=C\CCCCCCCCCCCCCCOC(=O)CCCCCCCCCCCCCCCCC. The molecule has 2 atom stereocenters. The van der Waals surface area contributed by atoms with Gasteiger partial charge < -0.3 is 20.3 Å². The van der Waals surface area contributed by atoms with Crippen LogP contribution in [0.3, 0.4) is 0 Å². The Morgan fingerprint density at radius 2 is 0.701 bits per heavy atom. The third-order valence-electron chi connectivity index (χ3n) is 14.0.